The predicted molar refractivity (Wildman–Crippen MR) is 79.9 cm³/mol. The fourth-order valence-corrected chi connectivity index (χ4v) is 2.13. The molecule has 2 N–H and O–H groups in total. The van der Waals surface area contributed by atoms with Crippen molar-refractivity contribution >= 4 is 11.7 Å². The van der Waals surface area contributed by atoms with E-state index in [1.54, 1.807) is 6.07 Å². The van der Waals surface area contributed by atoms with Crippen LogP contribution in [0.5, 0.6) is 0 Å². The molecule has 0 spiro atoms. The normalized spacial score (nSPS) is 12.5. The second-order valence-electron chi connectivity index (χ2n) is 5.72. The molecule has 1 rings (SSSR count). The Hall–Kier alpha value is -1.51. The first-order valence-corrected chi connectivity index (χ1v) is 7.00. The fraction of sp³-hybridized carbons (Fsp3) is 0.562. The summed E-state index contributed by atoms with van der Waals surface area (Å²) in [6, 6.07) is 5.80. The zero-order valence-corrected chi connectivity index (χ0v) is 12.4. The second-order valence-corrected chi connectivity index (χ2v) is 5.72. The van der Waals surface area contributed by atoms with Crippen LogP contribution in [0.15, 0.2) is 18.2 Å². The van der Waals surface area contributed by atoms with E-state index in [4.69, 9.17) is 0 Å². The van der Waals surface area contributed by atoms with Crippen molar-refractivity contribution in [3.05, 3.63) is 29.3 Å². The lowest BCUT2D eigenvalue weighted by atomic mass is 10.0. The zero-order valence-electron chi connectivity index (χ0n) is 12.4. The lowest BCUT2D eigenvalue weighted by Crippen LogP contribution is -2.17. The number of carboxylic acids is 1. The van der Waals surface area contributed by atoms with Crippen LogP contribution in [0.1, 0.15) is 56.0 Å². The van der Waals surface area contributed by atoms with Crippen LogP contribution in [0.3, 0.4) is 0 Å². The Morgan fingerprint density at radius 3 is 2.53 bits per heavy atom. The van der Waals surface area contributed by atoms with E-state index in [0.717, 1.165) is 23.6 Å². The number of anilines is 1. The molecule has 0 amide bonds. The van der Waals surface area contributed by atoms with Gasteiger partial charge in [-0.3, -0.25) is 0 Å². The summed E-state index contributed by atoms with van der Waals surface area (Å²) in [5.74, 6) is -0.151. The average Bonchev–Trinajstić information content (AvgIpc) is 2.30. The van der Waals surface area contributed by atoms with Gasteiger partial charge in [0.2, 0.25) is 0 Å². The average molecular weight is 263 g/mol. The number of hydrogen-bond donors (Lipinski definition) is 2. The summed E-state index contributed by atoms with van der Waals surface area (Å²) in [5, 5.41) is 12.5. The summed E-state index contributed by atoms with van der Waals surface area (Å²) in [6.07, 6.45) is 3.44. The highest BCUT2D eigenvalue weighted by Gasteiger charge is 2.12. The van der Waals surface area contributed by atoms with Crippen molar-refractivity contribution in [2.24, 2.45) is 5.92 Å². The van der Waals surface area contributed by atoms with Crippen molar-refractivity contribution in [2.75, 3.05) is 5.32 Å². The van der Waals surface area contributed by atoms with Gasteiger partial charge in [-0.2, -0.15) is 0 Å². The number of carbonyl (C=O) groups is 1. The third-order valence-electron chi connectivity index (χ3n) is 3.23. The van der Waals surface area contributed by atoms with Crippen LogP contribution in [-0.4, -0.2) is 17.1 Å². The molecule has 0 aliphatic rings. The number of aryl methyl sites for hydroxylation is 1. The Balaban J connectivity index is 2.63. The number of aromatic carboxylic acids is 1. The van der Waals surface area contributed by atoms with E-state index in [-0.39, 0.29) is 0 Å². The third kappa shape index (κ3) is 5.33. The Bertz CT molecular complexity index is 427. The van der Waals surface area contributed by atoms with E-state index >= 15 is 0 Å². The number of nitrogens with one attached hydrogen (secondary N) is 1. The van der Waals surface area contributed by atoms with Gasteiger partial charge in [0.05, 0.1) is 5.56 Å². The van der Waals surface area contributed by atoms with Crippen molar-refractivity contribution < 1.29 is 9.90 Å². The predicted octanol–water partition coefficient (Wildman–Crippen LogP) is 4.32. The Morgan fingerprint density at radius 1 is 1.26 bits per heavy atom. The van der Waals surface area contributed by atoms with E-state index in [2.05, 4.69) is 26.1 Å². The first-order chi connectivity index (χ1) is 8.90. The number of rotatable bonds is 7. The van der Waals surface area contributed by atoms with Crippen LogP contribution in [0.2, 0.25) is 0 Å². The van der Waals surface area contributed by atoms with Gasteiger partial charge in [-0.15, -0.1) is 0 Å². The molecular weight excluding hydrogens is 238 g/mol. The summed E-state index contributed by atoms with van der Waals surface area (Å²) in [4.78, 5) is 11.2. The summed E-state index contributed by atoms with van der Waals surface area (Å²) >= 11 is 0. The molecule has 0 radical (unpaired) electrons. The van der Waals surface area contributed by atoms with Gasteiger partial charge < -0.3 is 10.4 Å². The monoisotopic (exact) mass is 263 g/mol. The fourth-order valence-electron chi connectivity index (χ4n) is 2.13. The molecule has 0 aromatic heterocycles. The maximum Gasteiger partial charge on any atom is 0.337 e. The smallest absolute Gasteiger partial charge is 0.337 e. The molecule has 1 aromatic rings. The first kappa shape index (κ1) is 15.5. The highest BCUT2D eigenvalue weighted by atomic mass is 16.4. The lowest BCUT2D eigenvalue weighted by Gasteiger charge is -2.17. The molecule has 1 aromatic carbocycles. The standard InChI is InChI=1S/C16H25NO2/c1-11(2)6-5-7-13(4)17-15-9-8-12(3)10-14(15)16(18)19/h8-11,13,17H,5-7H2,1-4H3,(H,18,19). The molecular formula is C16H25NO2. The van der Waals surface area contributed by atoms with E-state index in [0.29, 0.717) is 11.6 Å². The van der Waals surface area contributed by atoms with Gasteiger partial charge in [0.1, 0.15) is 0 Å². The first-order valence-electron chi connectivity index (χ1n) is 7.00. The SMILES string of the molecule is Cc1ccc(NC(C)CCCC(C)C)c(C(=O)O)c1. The van der Waals surface area contributed by atoms with Gasteiger partial charge in [0.25, 0.3) is 0 Å². The molecule has 106 valence electrons. The molecule has 0 aliphatic heterocycles. The van der Waals surface area contributed by atoms with Crippen molar-refractivity contribution in [1.29, 1.82) is 0 Å². The highest BCUT2D eigenvalue weighted by molar-refractivity contribution is 5.94. The molecule has 1 atom stereocenters. The highest BCUT2D eigenvalue weighted by Crippen LogP contribution is 2.20. The quantitative estimate of drug-likeness (QED) is 0.770. The second kappa shape index (κ2) is 7.17. The largest absolute Gasteiger partial charge is 0.478 e. The Labute approximate surface area is 116 Å². The van der Waals surface area contributed by atoms with E-state index in [1.807, 2.05) is 19.1 Å². The molecule has 0 saturated heterocycles. The van der Waals surface area contributed by atoms with E-state index < -0.39 is 5.97 Å². The van der Waals surface area contributed by atoms with Crippen LogP contribution < -0.4 is 5.32 Å². The minimum Gasteiger partial charge on any atom is -0.478 e. The minimum atomic E-state index is -0.874. The van der Waals surface area contributed by atoms with Gasteiger partial charge in [0.15, 0.2) is 0 Å². The molecule has 0 heterocycles. The Kier molecular flexibility index (Phi) is 5.87. The summed E-state index contributed by atoms with van der Waals surface area (Å²) in [5.41, 5.74) is 2.04. The van der Waals surface area contributed by atoms with Gasteiger partial charge in [-0.1, -0.05) is 38.3 Å². The summed E-state index contributed by atoms with van der Waals surface area (Å²) in [7, 11) is 0. The molecule has 3 heteroatoms. The van der Waals surface area contributed by atoms with Gasteiger partial charge in [0, 0.05) is 11.7 Å². The summed E-state index contributed by atoms with van der Waals surface area (Å²) in [6.45, 7) is 8.45. The van der Waals surface area contributed by atoms with Crippen molar-refractivity contribution in [2.45, 2.75) is 53.0 Å². The zero-order chi connectivity index (χ0) is 14.4. The van der Waals surface area contributed by atoms with Crippen molar-refractivity contribution in [1.82, 2.24) is 0 Å². The van der Waals surface area contributed by atoms with Gasteiger partial charge >= 0.3 is 5.97 Å². The molecule has 0 aliphatic carbocycles. The lowest BCUT2D eigenvalue weighted by molar-refractivity contribution is 0.0698. The van der Waals surface area contributed by atoms with Crippen LogP contribution in [0.4, 0.5) is 5.69 Å². The van der Waals surface area contributed by atoms with Crippen molar-refractivity contribution in [3.8, 4) is 0 Å². The summed E-state index contributed by atoms with van der Waals surface area (Å²) < 4.78 is 0. The van der Waals surface area contributed by atoms with E-state index in [9.17, 15) is 9.90 Å². The molecule has 1 unspecified atom stereocenters. The molecule has 0 saturated carbocycles. The van der Waals surface area contributed by atoms with Crippen LogP contribution in [-0.2, 0) is 0 Å². The van der Waals surface area contributed by atoms with Crippen LogP contribution in [0, 0.1) is 12.8 Å². The maximum absolute atomic E-state index is 11.2. The number of hydrogen-bond acceptors (Lipinski definition) is 2. The topological polar surface area (TPSA) is 49.3 Å². The molecule has 19 heavy (non-hydrogen) atoms. The number of benzene rings is 1. The van der Waals surface area contributed by atoms with Gasteiger partial charge in [-0.05, 0) is 38.3 Å². The third-order valence-corrected chi connectivity index (χ3v) is 3.23. The minimum absolute atomic E-state index is 0.291. The van der Waals surface area contributed by atoms with Gasteiger partial charge in [-0.25, -0.2) is 4.79 Å². The van der Waals surface area contributed by atoms with Crippen molar-refractivity contribution in [3.63, 3.8) is 0 Å². The Morgan fingerprint density at radius 2 is 1.95 bits per heavy atom. The molecule has 3 nitrogen and oxygen atoms in total. The van der Waals surface area contributed by atoms with Crippen LogP contribution >= 0.6 is 0 Å². The molecule has 0 fully saturated rings. The maximum atomic E-state index is 11.2. The molecule has 0 bridgehead atoms. The van der Waals surface area contributed by atoms with E-state index in [1.165, 1.54) is 12.8 Å². The van der Waals surface area contributed by atoms with Crippen LogP contribution in [0.25, 0.3) is 0 Å². The number of carboxylic acid groups (broad SMARTS) is 1.